The van der Waals surface area contributed by atoms with E-state index in [1.54, 1.807) is 4.90 Å². The molecule has 1 aliphatic heterocycles. The van der Waals surface area contributed by atoms with Crippen LogP contribution in [0.25, 0.3) is 0 Å². The summed E-state index contributed by atoms with van der Waals surface area (Å²) in [5, 5.41) is 0. The summed E-state index contributed by atoms with van der Waals surface area (Å²) >= 11 is 0. The molecule has 3 fully saturated rings. The first-order chi connectivity index (χ1) is 7.92. The Kier molecular flexibility index (Phi) is 2.30. The largest absolute Gasteiger partial charge is 0.341 e. The summed E-state index contributed by atoms with van der Waals surface area (Å²) in [4.78, 5) is 13.4. The molecule has 3 aliphatic rings. The zero-order chi connectivity index (χ0) is 12.3. The van der Waals surface area contributed by atoms with Gasteiger partial charge < -0.3 is 4.90 Å². The van der Waals surface area contributed by atoms with Crippen molar-refractivity contribution in [3.63, 3.8) is 0 Å². The minimum atomic E-state index is -2.71. The fourth-order valence-electron chi connectivity index (χ4n) is 3.31. The summed E-state index contributed by atoms with van der Waals surface area (Å²) in [6.07, 6.45) is 4.55. The van der Waals surface area contributed by atoms with E-state index in [2.05, 4.69) is 6.92 Å². The summed E-state index contributed by atoms with van der Waals surface area (Å²) in [5.41, 5.74) is 0.284. The molecule has 2 aliphatic carbocycles. The molecule has 1 spiro atoms. The number of halogens is 2. The van der Waals surface area contributed by atoms with Crippen LogP contribution in [0.15, 0.2) is 0 Å². The maximum atomic E-state index is 12.8. The van der Waals surface area contributed by atoms with E-state index in [0.29, 0.717) is 0 Å². The van der Waals surface area contributed by atoms with Crippen molar-refractivity contribution in [1.82, 2.24) is 4.90 Å². The quantitative estimate of drug-likeness (QED) is 0.693. The van der Waals surface area contributed by atoms with Gasteiger partial charge in [-0.1, -0.05) is 19.8 Å². The molecule has 1 saturated heterocycles. The van der Waals surface area contributed by atoms with E-state index < -0.39 is 11.8 Å². The number of alkyl halides is 2. The van der Waals surface area contributed by atoms with E-state index in [1.807, 2.05) is 0 Å². The van der Waals surface area contributed by atoms with Crippen molar-refractivity contribution >= 4 is 5.91 Å². The van der Waals surface area contributed by atoms with Crippen LogP contribution in [0.3, 0.4) is 0 Å². The topological polar surface area (TPSA) is 20.3 Å². The second-order valence-electron chi connectivity index (χ2n) is 6.39. The lowest BCUT2D eigenvalue weighted by Crippen LogP contribution is -2.60. The Bertz CT molecular complexity index is 339. The van der Waals surface area contributed by atoms with Crippen LogP contribution in [0, 0.1) is 17.3 Å². The van der Waals surface area contributed by atoms with E-state index in [4.69, 9.17) is 0 Å². The smallest absolute Gasteiger partial charge is 0.260 e. The van der Waals surface area contributed by atoms with Gasteiger partial charge in [-0.05, 0) is 18.8 Å². The Hall–Kier alpha value is -0.670. The van der Waals surface area contributed by atoms with Gasteiger partial charge in [-0.15, -0.1) is 0 Å². The fourth-order valence-corrected chi connectivity index (χ4v) is 3.31. The van der Waals surface area contributed by atoms with Crippen molar-refractivity contribution in [3.05, 3.63) is 0 Å². The predicted molar refractivity (Wildman–Crippen MR) is 59.7 cm³/mol. The monoisotopic (exact) mass is 243 g/mol. The third kappa shape index (κ3) is 1.85. The normalized spacial score (nSPS) is 34.5. The van der Waals surface area contributed by atoms with E-state index in [-0.39, 0.29) is 17.7 Å². The van der Waals surface area contributed by atoms with Gasteiger partial charge in [0.2, 0.25) is 5.91 Å². The van der Waals surface area contributed by atoms with Gasteiger partial charge in [-0.2, -0.15) is 0 Å². The lowest BCUT2D eigenvalue weighted by molar-refractivity contribution is -0.149. The molecule has 0 radical (unpaired) electrons. The van der Waals surface area contributed by atoms with Crippen molar-refractivity contribution in [2.24, 2.45) is 17.3 Å². The Balaban J connectivity index is 1.53. The number of likely N-dealkylation sites (tertiary alicyclic amines) is 1. The zero-order valence-electron chi connectivity index (χ0n) is 10.2. The Morgan fingerprint density at radius 3 is 2.24 bits per heavy atom. The predicted octanol–water partition coefficient (Wildman–Crippen LogP) is 2.68. The Morgan fingerprint density at radius 1 is 1.24 bits per heavy atom. The van der Waals surface area contributed by atoms with Gasteiger partial charge >= 0.3 is 0 Å². The molecule has 4 heteroatoms. The lowest BCUT2D eigenvalue weighted by atomic mass is 9.66. The van der Waals surface area contributed by atoms with Gasteiger partial charge in [0.15, 0.2) is 0 Å². The number of carbonyl (C=O) groups excluding carboxylic acids is 1. The fraction of sp³-hybridized carbons (Fsp3) is 0.923. The SMILES string of the molecule is CC1CCC2(CC1)CN(C(=O)C1CC1(F)F)C2. The molecular weight excluding hydrogens is 224 g/mol. The summed E-state index contributed by atoms with van der Waals surface area (Å²) in [6, 6.07) is 0. The summed E-state index contributed by atoms with van der Waals surface area (Å²) in [6.45, 7) is 3.72. The van der Waals surface area contributed by atoms with Crippen LogP contribution in [-0.4, -0.2) is 29.8 Å². The van der Waals surface area contributed by atoms with Crippen LogP contribution >= 0.6 is 0 Å². The third-order valence-corrected chi connectivity index (χ3v) is 4.82. The molecule has 1 amide bonds. The van der Waals surface area contributed by atoms with Crippen molar-refractivity contribution in [3.8, 4) is 0 Å². The van der Waals surface area contributed by atoms with Crippen LogP contribution in [-0.2, 0) is 4.79 Å². The molecule has 1 unspecified atom stereocenters. The second kappa shape index (κ2) is 3.42. The number of nitrogens with zero attached hydrogens (tertiary/aromatic N) is 1. The molecule has 3 rings (SSSR count). The molecule has 0 N–H and O–H groups in total. The van der Waals surface area contributed by atoms with Crippen molar-refractivity contribution in [2.45, 2.75) is 45.0 Å². The van der Waals surface area contributed by atoms with Crippen molar-refractivity contribution < 1.29 is 13.6 Å². The van der Waals surface area contributed by atoms with Gasteiger partial charge in [-0.3, -0.25) is 4.79 Å². The summed E-state index contributed by atoms with van der Waals surface area (Å²) in [7, 11) is 0. The van der Waals surface area contributed by atoms with Gasteiger partial charge in [0.1, 0.15) is 5.92 Å². The molecule has 1 heterocycles. The number of amides is 1. The van der Waals surface area contributed by atoms with Gasteiger partial charge in [0.25, 0.3) is 5.92 Å². The highest BCUT2D eigenvalue weighted by Crippen LogP contribution is 2.52. The van der Waals surface area contributed by atoms with E-state index >= 15 is 0 Å². The van der Waals surface area contributed by atoms with E-state index in [0.717, 1.165) is 19.0 Å². The van der Waals surface area contributed by atoms with Crippen molar-refractivity contribution in [2.75, 3.05) is 13.1 Å². The molecule has 96 valence electrons. The molecule has 17 heavy (non-hydrogen) atoms. The summed E-state index contributed by atoms with van der Waals surface area (Å²) < 4.78 is 25.6. The zero-order valence-corrected chi connectivity index (χ0v) is 10.2. The van der Waals surface area contributed by atoms with Crippen molar-refractivity contribution in [1.29, 1.82) is 0 Å². The highest BCUT2D eigenvalue weighted by Gasteiger charge is 2.63. The highest BCUT2D eigenvalue weighted by molar-refractivity contribution is 5.83. The van der Waals surface area contributed by atoms with Crippen LogP contribution in [0.5, 0.6) is 0 Å². The van der Waals surface area contributed by atoms with Crippen LogP contribution in [0.4, 0.5) is 8.78 Å². The maximum absolute atomic E-state index is 12.8. The average molecular weight is 243 g/mol. The molecule has 1 atom stereocenters. The van der Waals surface area contributed by atoms with Crippen LogP contribution in [0.1, 0.15) is 39.0 Å². The number of hydrogen-bond donors (Lipinski definition) is 0. The molecule has 0 aromatic heterocycles. The molecule has 0 aromatic rings. The Labute approximate surface area is 100 Å². The van der Waals surface area contributed by atoms with Crippen LogP contribution < -0.4 is 0 Å². The first kappa shape index (κ1) is 11.4. The van der Waals surface area contributed by atoms with E-state index in [9.17, 15) is 13.6 Å². The number of rotatable bonds is 1. The lowest BCUT2D eigenvalue weighted by Gasteiger charge is -2.53. The first-order valence-corrected chi connectivity index (χ1v) is 6.59. The standard InChI is InChI=1S/C13H19F2NO/c1-9-2-4-12(5-3-9)7-16(8-12)11(17)10-6-13(10,14)15/h9-10H,2-8H2,1H3. The number of hydrogen-bond acceptors (Lipinski definition) is 1. The molecule has 2 saturated carbocycles. The average Bonchev–Trinajstić information content (AvgIpc) is 2.85. The highest BCUT2D eigenvalue weighted by atomic mass is 19.3. The Morgan fingerprint density at radius 2 is 1.76 bits per heavy atom. The first-order valence-electron chi connectivity index (χ1n) is 6.59. The van der Waals surface area contributed by atoms with Gasteiger partial charge in [0, 0.05) is 24.9 Å². The van der Waals surface area contributed by atoms with E-state index in [1.165, 1.54) is 25.7 Å². The molecule has 0 bridgehead atoms. The third-order valence-electron chi connectivity index (χ3n) is 4.82. The van der Waals surface area contributed by atoms with Gasteiger partial charge in [-0.25, -0.2) is 8.78 Å². The van der Waals surface area contributed by atoms with Crippen LogP contribution in [0.2, 0.25) is 0 Å². The minimum absolute atomic E-state index is 0.230. The second-order valence-corrected chi connectivity index (χ2v) is 6.39. The minimum Gasteiger partial charge on any atom is -0.341 e. The summed E-state index contributed by atoms with van der Waals surface area (Å²) in [5.74, 6) is -3.22. The maximum Gasteiger partial charge on any atom is 0.260 e. The van der Waals surface area contributed by atoms with Gasteiger partial charge in [0.05, 0.1) is 0 Å². The molecular formula is C13H19F2NO. The number of carbonyl (C=O) groups is 1. The molecule has 2 nitrogen and oxygen atoms in total. The molecule has 0 aromatic carbocycles.